The second-order valence-electron chi connectivity index (χ2n) is 5.37. The Morgan fingerprint density at radius 1 is 1.33 bits per heavy atom. The van der Waals surface area contributed by atoms with E-state index >= 15 is 0 Å². The summed E-state index contributed by atoms with van der Waals surface area (Å²) in [5.41, 5.74) is 0.934. The van der Waals surface area contributed by atoms with Crippen molar-refractivity contribution in [3.8, 4) is 0 Å². The minimum absolute atomic E-state index is 0.0415. The van der Waals surface area contributed by atoms with Crippen molar-refractivity contribution < 1.29 is 19.4 Å². The molecule has 0 heterocycles. The molecule has 1 aromatic carbocycles. The first-order valence-corrected chi connectivity index (χ1v) is 6.92. The SMILES string of the molecule is COCc1ccccc1NC(=O)NC1(CC(=O)O)CCC1. The van der Waals surface area contributed by atoms with Crippen LogP contribution >= 0.6 is 0 Å². The first-order chi connectivity index (χ1) is 10.0. The molecule has 1 aliphatic carbocycles. The number of benzene rings is 1. The number of nitrogens with one attached hydrogen (secondary N) is 2. The third-order valence-corrected chi connectivity index (χ3v) is 3.74. The Morgan fingerprint density at radius 2 is 2.05 bits per heavy atom. The number of carbonyl (C=O) groups excluding carboxylic acids is 1. The van der Waals surface area contributed by atoms with Crippen LogP contribution in [0, 0.1) is 0 Å². The molecule has 1 fully saturated rings. The zero-order valence-corrected chi connectivity index (χ0v) is 12.0. The highest BCUT2D eigenvalue weighted by atomic mass is 16.5. The smallest absolute Gasteiger partial charge is 0.319 e. The van der Waals surface area contributed by atoms with Crippen LogP contribution in [0.2, 0.25) is 0 Å². The Bertz CT molecular complexity index is 526. The maximum absolute atomic E-state index is 12.1. The second kappa shape index (κ2) is 6.58. The zero-order valence-electron chi connectivity index (χ0n) is 12.0. The van der Waals surface area contributed by atoms with Crippen LogP contribution in [0.1, 0.15) is 31.2 Å². The third-order valence-electron chi connectivity index (χ3n) is 3.74. The summed E-state index contributed by atoms with van der Waals surface area (Å²) in [7, 11) is 1.59. The number of methoxy groups -OCH3 is 1. The molecule has 6 heteroatoms. The van der Waals surface area contributed by atoms with Gasteiger partial charge in [-0.3, -0.25) is 4.79 Å². The summed E-state index contributed by atoms with van der Waals surface area (Å²) in [5, 5.41) is 14.5. The third kappa shape index (κ3) is 3.95. The van der Waals surface area contributed by atoms with E-state index in [0.29, 0.717) is 25.1 Å². The maximum atomic E-state index is 12.1. The molecule has 0 unspecified atom stereocenters. The monoisotopic (exact) mass is 292 g/mol. The summed E-state index contributed by atoms with van der Waals surface area (Å²) in [6.45, 7) is 0.400. The molecule has 0 saturated heterocycles. The van der Waals surface area contributed by atoms with E-state index in [2.05, 4.69) is 10.6 Å². The van der Waals surface area contributed by atoms with Gasteiger partial charge in [0, 0.05) is 18.4 Å². The number of ether oxygens (including phenoxy) is 1. The first-order valence-electron chi connectivity index (χ1n) is 6.92. The quantitative estimate of drug-likeness (QED) is 0.751. The number of amides is 2. The molecule has 6 nitrogen and oxygen atoms in total. The number of anilines is 1. The molecule has 0 spiro atoms. The van der Waals surface area contributed by atoms with Gasteiger partial charge in [-0.05, 0) is 25.3 Å². The summed E-state index contributed by atoms with van der Waals surface area (Å²) in [6, 6.07) is 6.98. The van der Waals surface area contributed by atoms with Crippen LogP contribution in [-0.4, -0.2) is 29.8 Å². The van der Waals surface area contributed by atoms with Crippen molar-refractivity contribution in [2.45, 2.75) is 37.8 Å². The molecule has 0 aliphatic heterocycles. The molecule has 2 rings (SSSR count). The van der Waals surface area contributed by atoms with Gasteiger partial charge in [-0.2, -0.15) is 0 Å². The summed E-state index contributed by atoms with van der Waals surface area (Å²) < 4.78 is 5.09. The Morgan fingerprint density at radius 3 is 2.62 bits per heavy atom. The number of carboxylic acid groups (broad SMARTS) is 1. The second-order valence-corrected chi connectivity index (χ2v) is 5.37. The van der Waals surface area contributed by atoms with Gasteiger partial charge >= 0.3 is 12.0 Å². The molecular weight excluding hydrogens is 272 g/mol. The number of carbonyl (C=O) groups is 2. The predicted octanol–water partition coefficient (Wildman–Crippen LogP) is 2.35. The molecule has 0 radical (unpaired) electrons. The zero-order chi connectivity index (χ0) is 15.3. The Kier molecular flexibility index (Phi) is 4.80. The van der Waals surface area contributed by atoms with Gasteiger partial charge in [0.25, 0.3) is 0 Å². The highest BCUT2D eigenvalue weighted by molar-refractivity contribution is 5.91. The van der Waals surface area contributed by atoms with Crippen molar-refractivity contribution in [1.82, 2.24) is 5.32 Å². The molecule has 0 aromatic heterocycles. The van der Waals surface area contributed by atoms with Gasteiger partial charge in [0.05, 0.1) is 18.6 Å². The number of rotatable bonds is 6. The molecular formula is C15H20N2O4. The van der Waals surface area contributed by atoms with E-state index in [4.69, 9.17) is 9.84 Å². The molecule has 1 saturated carbocycles. The largest absolute Gasteiger partial charge is 0.481 e. The van der Waals surface area contributed by atoms with Crippen molar-refractivity contribution >= 4 is 17.7 Å². The molecule has 21 heavy (non-hydrogen) atoms. The summed E-state index contributed by atoms with van der Waals surface area (Å²) in [6.07, 6.45) is 2.30. The van der Waals surface area contributed by atoms with Gasteiger partial charge in [-0.15, -0.1) is 0 Å². The minimum Gasteiger partial charge on any atom is -0.481 e. The summed E-state index contributed by atoms with van der Waals surface area (Å²) >= 11 is 0. The van der Waals surface area contributed by atoms with E-state index in [-0.39, 0.29) is 12.5 Å². The maximum Gasteiger partial charge on any atom is 0.319 e. The van der Waals surface area contributed by atoms with Crippen LogP contribution in [0.3, 0.4) is 0 Å². The number of carboxylic acids is 1. The number of para-hydroxylation sites is 1. The lowest BCUT2D eigenvalue weighted by Crippen LogP contribution is -2.55. The van der Waals surface area contributed by atoms with Crippen LogP contribution in [0.15, 0.2) is 24.3 Å². The van der Waals surface area contributed by atoms with Crippen molar-refractivity contribution in [2.24, 2.45) is 0 Å². The molecule has 114 valence electrons. The average Bonchev–Trinajstić information content (AvgIpc) is 2.38. The number of hydrogen-bond donors (Lipinski definition) is 3. The Hall–Kier alpha value is -2.08. The van der Waals surface area contributed by atoms with Gasteiger partial charge in [-0.25, -0.2) is 4.79 Å². The Balaban J connectivity index is 2.00. The lowest BCUT2D eigenvalue weighted by Gasteiger charge is -2.41. The molecule has 0 bridgehead atoms. The van der Waals surface area contributed by atoms with Crippen LogP contribution < -0.4 is 10.6 Å². The van der Waals surface area contributed by atoms with Gasteiger partial charge < -0.3 is 20.5 Å². The standard InChI is InChI=1S/C15H20N2O4/c1-21-10-11-5-2-3-6-12(11)16-14(20)17-15(7-4-8-15)9-13(18)19/h2-3,5-6H,4,7-10H2,1H3,(H,18,19)(H2,16,17,20). The van der Waals surface area contributed by atoms with Crippen LogP contribution in [-0.2, 0) is 16.1 Å². The van der Waals surface area contributed by atoms with Gasteiger partial charge in [-0.1, -0.05) is 18.2 Å². The fraction of sp³-hybridized carbons (Fsp3) is 0.467. The summed E-state index contributed by atoms with van der Waals surface area (Å²) in [5.74, 6) is -0.894. The van der Waals surface area contributed by atoms with Crippen molar-refractivity contribution in [2.75, 3.05) is 12.4 Å². The van der Waals surface area contributed by atoms with E-state index < -0.39 is 11.5 Å². The van der Waals surface area contributed by atoms with Crippen LogP contribution in [0.5, 0.6) is 0 Å². The van der Waals surface area contributed by atoms with Gasteiger partial charge in [0.15, 0.2) is 0 Å². The Labute approximate surface area is 123 Å². The highest BCUT2D eigenvalue weighted by Crippen LogP contribution is 2.35. The van der Waals surface area contributed by atoms with Crippen LogP contribution in [0.25, 0.3) is 0 Å². The molecule has 1 aromatic rings. The van der Waals surface area contributed by atoms with E-state index in [1.165, 1.54) is 0 Å². The van der Waals surface area contributed by atoms with E-state index in [9.17, 15) is 9.59 Å². The molecule has 1 aliphatic rings. The van der Waals surface area contributed by atoms with Gasteiger partial charge in [0.2, 0.25) is 0 Å². The number of hydrogen-bond acceptors (Lipinski definition) is 3. The van der Waals surface area contributed by atoms with Crippen molar-refractivity contribution in [3.05, 3.63) is 29.8 Å². The van der Waals surface area contributed by atoms with E-state index in [1.807, 2.05) is 18.2 Å². The number of aliphatic carboxylic acids is 1. The molecule has 2 amide bonds. The van der Waals surface area contributed by atoms with Crippen molar-refractivity contribution in [1.29, 1.82) is 0 Å². The molecule has 0 atom stereocenters. The normalized spacial score (nSPS) is 15.9. The average molecular weight is 292 g/mol. The molecule has 3 N–H and O–H groups in total. The number of urea groups is 1. The summed E-state index contributed by atoms with van der Waals surface area (Å²) in [4.78, 5) is 23.0. The first kappa shape index (κ1) is 15.3. The fourth-order valence-electron chi connectivity index (χ4n) is 2.56. The lowest BCUT2D eigenvalue weighted by atomic mass is 9.74. The predicted molar refractivity (Wildman–Crippen MR) is 78.1 cm³/mol. The van der Waals surface area contributed by atoms with E-state index in [0.717, 1.165) is 12.0 Å². The van der Waals surface area contributed by atoms with E-state index in [1.54, 1.807) is 13.2 Å². The van der Waals surface area contributed by atoms with Gasteiger partial charge in [0.1, 0.15) is 0 Å². The van der Waals surface area contributed by atoms with Crippen LogP contribution in [0.4, 0.5) is 10.5 Å². The van der Waals surface area contributed by atoms with Crippen molar-refractivity contribution in [3.63, 3.8) is 0 Å². The topological polar surface area (TPSA) is 87.7 Å². The lowest BCUT2D eigenvalue weighted by molar-refractivity contribution is -0.139. The highest BCUT2D eigenvalue weighted by Gasteiger charge is 2.40. The fourth-order valence-corrected chi connectivity index (χ4v) is 2.56. The minimum atomic E-state index is -0.894.